The van der Waals surface area contributed by atoms with Crippen molar-refractivity contribution >= 4 is 28.9 Å². The van der Waals surface area contributed by atoms with Gasteiger partial charge in [0.2, 0.25) is 0 Å². The highest BCUT2D eigenvalue weighted by atomic mass is 35.5. The summed E-state index contributed by atoms with van der Waals surface area (Å²) in [6.45, 7) is 0.956. The molecule has 0 amide bonds. The Morgan fingerprint density at radius 3 is 2.29 bits per heavy atom. The van der Waals surface area contributed by atoms with E-state index in [0.29, 0.717) is 10.0 Å². The minimum Gasteiger partial charge on any atom is -0.505 e. The van der Waals surface area contributed by atoms with Crippen LogP contribution in [0.25, 0.3) is 0 Å². The normalized spacial score (nSPS) is 17.1. The summed E-state index contributed by atoms with van der Waals surface area (Å²) < 4.78 is 0. The van der Waals surface area contributed by atoms with E-state index in [1.54, 1.807) is 12.1 Å². The smallest absolute Gasteiger partial charge is 0.152 e. The average Bonchev–Trinajstić information content (AvgIpc) is 2.34. The summed E-state index contributed by atoms with van der Waals surface area (Å²) in [4.78, 5) is 0. The first-order valence-corrected chi connectivity index (χ1v) is 6.84. The summed E-state index contributed by atoms with van der Waals surface area (Å²) in [7, 11) is 0. The lowest BCUT2D eigenvalue weighted by Gasteiger charge is -2.22. The zero-order chi connectivity index (χ0) is 12.3. The molecule has 0 atom stereocenters. The molecule has 1 aliphatic carbocycles. The molecule has 0 aliphatic heterocycles. The Kier molecular flexibility index (Phi) is 4.41. The van der Waals surface area contributed by atoms with Crippen molar-refractivity contribution in [2.45, 2.75) is 32.1 Å². The maximum absolute atomic E-state index is 9.46. The van der Waals surface area contributed by atoms with Crippen molar-refractivity contribution in [3.05, 3.63) is 22.2 Å². The lowest BCUT2D eigenvalue weighted by atomic mass is 9.89. The predicted octanol–water partition coefficient (Wildman–Crippen LogP) is 4.69. The third kappa shape index (κ3) is 3.43. The van der Waals surface area contributed by atoms with Crippen LogP contribution in [0.15, 0.2) is 12.1 Å². The van der Waals surface area contributed by atoms with Crippen LogP contribution in [0, 0.1) is 5.92 Å². The van der Waals surface area contributed by atoms with Gasteiger partial charge >= 0.3 is 0 Å². The Bertz CT molecular complexity index is 366. The van der Waals surface area contributed by atoms with Crippen molar-refractivity contribution < 1.29 is 5.11 Å². The first kappa shape index (κ1) is 12.8. The van der Waals surface area contributed by atoms with Crippen LogP contribution in [-0.4, -0.2) is 11.7 Å². The first-order valence-electron chi connectivity index (χ1n) is 6.08. The number of phenolic OH excluding ortho intramolecular Hbond substituents is 1. The van der Waals surface area contributed by atoms with Crippen molar-refractivity contribution in [1.82, 2.24) is 0 Å². The molecular formula is C13H17Cl2NO. The van der Waals surface area contributed by atoms with Crippen LogP contribution in [-0.2, 0) is 0 Å². The van der Waals surface area contributed by atoms with E-state index in [-0.39, 0.29) is 5.75 Å². The highest BCUT2D eigenvalue weighted by molar-refractivity contribution is 6.37. The molecule has 1 saturated carbocycles. The number of rotatable bonds is 3. The predicted molar refractivity (Wildman–Crippen MR) is 73.2 cm³/mol. The van der Waals surface area contributed by atoms with Crippen molar-refractivity contribution in [2.24, 2.45) is 5.92 Å². The molecule has 0 bridgehead atoms. The molecule has 2 N–H and O–H groups in total. The standard InChI is InChI=1S/C13H17Cl2NO/c14-11-6-10(7-12(15)13(11)17)16-8-9-4-2-1-3-5-9/h6-7,9,16-17H,1-5,8H2. The molecule has 0 heterocycles. The minimum atomic E-state index is -0.0449. The number of hydrogen-bond donors (Lipinski definition) is 2. The Morgan fingerprint density at radius 2 is 1.71 bits per heavy atom. The van der Waals surface area contributed by atoms with Gasteiger partial charge in [-0.15, -0.1) is 0 Å². The summed E-state index contributed by atoms with van der Waals surface area (Å²) in [5.41, 5.74) is 0.878. The summed E-state index contributed by atoms with van der Waals surface area (Å²) in [5, 5.41) is 13.4. The first-order chi connectivity index (χ1) is 8.16. The summed E-state index contributed by atoms with van der Waals surface area (Å²) in [6, 6.07) is 3.43. The molecule has 2 rings (SSSR count). The molecule has 0 saturated heterocycles. The second-order valence-corrected chi connectivity index (χ2v) is 5.49. The molecule has 0 radical (unpaired) electrons. The zero-order valence-electron chi connectivity index (χ0n) is 9.68. The van der Waals surface area contributed by atoms with Gasteiger partial charge in [0.05, 0.1) is 10.0 Å². The van der Waals surface area contributed by atoms with E-state index in [0.717, 1.165) is 18.2 Å². The summed E-state index contributed by atoms with van der Waals surface area (Å²) >= 11 is 11.7. The fraction of sp³-hybridized carbons (Fsp3) is 0.538. The van der Waals surface area contributed by atoms with Gasteiger partial charge in [0.25, 0.3) is 0 Å². The van der Waals surface area contributed by atoms with E-state index in [2.05, 4.69) is 5.32 Å². The SMILES string of the molecule is Oc1c(Cl)cc(NCC2CCCCC2)cc1Cl. The van der Waals surface area contributed by atoms with E-state index < -0.39 is 0 Å². The third-order valence-electron chi connectivity index (χ3n) is 3.34. The van der Waals surface area contributed by atoms with Gasteiger partial charge in [0.15, 0.2) is 5.75 Å². The molecular weight excluding hydrogens is 257 g/mol. The van der Waals surface area contributed by atoms with E-state index >= 15 is 0 Å². The molecule has 17 heavy (non-hydrogen) atoms. The largest absolute Gasteiger partial charge is 0.505 e. The average molecular weight is 274 g/mol. The van der Waals surface area contributed by atoms with E-state index in [1.807, 2.05) is 0 Å². The topological polar surface area (TPSA) is 32.3 Å². The van der Waals surface area contributed by atoms with Crippen molar-refractivity contribution in [3.63, 3.8) is 0 Å². The minimum absolute atomic E-state index is 0.0449. The quantitative estimate of drug-likeness (QED) is 0.783. The Morgan fingerprint density at radius 1 is 1.12 bits per heavy atom. The van der Waals surface area contributed by atoms with Crippen LogP contribution in [0.1, 0.15) is 32.1 Å². The molecule has 2 nitrogen and oxygen atoms in total. The maximum atomic E-state index is 9.46. The number of nitrogens with one attached hydrogen (secondary N) is 1. The molecule has 1 fully saturated rings. The molecule has 4 heteroatoms. The van der Waals surface area contributed by atoms with Crippen LogP contribution in [0.5, 0.6) is 5.75 Å². The number of halogens is 2. The number of hydrogen-bond acceptors (Lipinski definition) is 2. The lowest BCUT2D eigenvalue weighted by molar-refractivity contribution is 0.373. The fourth-order valence-corrected chi connectivity index (χ4v) is 2.81. The fourth-order valence-electron chi connectivity index (χ4n) is 2.32. The van der Waals surface area contributed by atoms with Gasteiger partial charge in [-0.05, 0) is 30.9 Å². The van der Waals surface area contributed by atoms with E-state index in [9.17, 15) is 5.11 Å². The van der Waals surface area contributed by atoms with Gasteiger partial charge in [0, 0.05) is 12.2 Å². The monoisotopic (exact) mass is 273 g/mol. The molecule has 1 aliphatic rings. The Balaban J connectivity index is 1.94. The molecule has 94 valence electrons. The van der Waals surface area contributed by atoms with Crippen LogP contribution in [0.2, 0.25) is 10.0 Å². The third-order valence-corrected chi connectivity index (χ3v) is 3.91. The summed E-state index contributed by atoms with van der Waals surface area (Å²) in [6.07, 6.45) is 6.64. The molecule has 0 spiro atoms. The van der Waals surface area contributed by atoms with Crippen LogP contribution < -0.4 is 5.32 Å². The van der Waals surface area contributed by atoms with Crippen molar-refractivity contribution in [1.29, 1.82) is 0 Å². The second-order valence-electron chi connectivity index (χ2n) is 4.67. The van der Waals surface area contributed by atoms with Crippen LogP contribution >= 0.6 is 23.2 Å². The van der Waals surface area contributed by atoms with Gasteiger partial charge in [-0.25, -0.2) is 0 Å². The Labute approximate surface area is 112 Å². The van der Waals surface area contributed by atoms with Gasteiger partial charge in [0.1, 0.15) is 0 Å². The van der Waals surface area contributed by atoms with Gasteiger partial charge in [-0.1, -0.05) is 42.5 Å². The van der Waals surface area contributed by atoms with Crippen LogP contribution in [0.4, 0.5) is 5.69 Å². The van der Waals surface area contributed by atoms with Gasteiger partial charge in [-0.2, -0.15) is 0 Å². The molecule has 0 aromatic heterocycles. The highest BCUT2D eigenvalue weighted by Crippen LogP contribution is 2.35. The number of phenols is 1. The van der Waals surface area contributed by atoms with Gasteiger partial charge in [-0.3, -0.25) is 0 Å². The highest BCUT2D eigenvalue weighted by Gasteiger charge is 2.13. The van der Waals surface area contributed by atoms with E-state index in [4.69, 9.17) is 23.2 Å². The zero-order valence-corrected chi connectivity index (χ0v) is 11.2. The lowest BCUT2D eigenvalue weighted by Crippen LogP contribution is -2.17. The van der Waals surface area contributed by atoms with Crippen LogP contribution in [0.3, 0.4) is 0 Å². The Hall–Kier alpha value is -0.600. The number of benzene rings is 1. The van der Waals surface area contributed by atoms with Gasteiger partial charge < -0.3 is 10.4 Å². The number of anilines is 1. The molecule has 0 unspecified atom stereocenters. The van der Waals surface area contributed by atoms with Crippen molar-refractivity contribution in [2.75, 3.05) is 11.9 Å². The molecule has 1 aromatic carbocycles. The maximum Gasteiger partial charge on any atom is 0.152 e. The number of aromatic hydroxyl groups is 1. The van der Waals surface area contributed by atoms with Crippen molar-refractivity contribution in [3.8, 4) is 5.75 Å². The summed E-state index contributed by atoms with van der Waals surface area (Å²) in [5.74, 6) is 0.701. The molecule has 1 aromatic rings. The second kappa shape index (κ2) is 5.83. The van der Waals surface area contributed by atoms with E-state index in [1.165, 1.54) is 32.1 Å².